The van der Waals surface area contributed by atoms with Crippen molar-refractivity contribution in [3.05, 3.63) is 17.8 Å². The minimum absolute atomic E-state index is 0.0845. The van der Waals surface area contributed by atoms with E-state index in [9.17, 15) is 4.79 Å². The van der Waals surface area contributed by atoms with Crippen molar-refractivity contribution in [1.29, 1.82) is 0 Å². The molecule has 0 aliphatic carbocycles. The lowest BCUT2D eigenvalue weighted by atomic mass is 10.1. The molecule has 0 aliphatic heterocycles. The predicted octanol–water partition coefficient (Wildman–Crippen LogP) is 2.08. The van der Waals surface area contributed by atoms with Gasteiger partial charge in [0.25, 0.3) is 0 Å². The average Bonchev–Trinajstić information content (AvgIpc) is 2.61. The number of rotatable bonds is 6. The molecule has 0 fully saturated rings. The SMILES string of the molecule is Cc1nc(CCC(=O)NCCC(C)C)co1. The van der Waals surface area contributed by atoms with Gasteiger partial charge >= 0.3 is 0 Å². The van der Waals surface area contributed by atoms with Crippen LogP contribution in [0.1, 0.15) is 38.3 Å². The van der Waals surface area contributed by atoms with Gasteiger partial charge in [0.2, 0.25) is 5.91 Å². The first-order valence-corrected chi connectivity index (χ1v) is 5.75. The van der Waals surface area contributed by atoms with Gasteiger partial charge in [-0.15, -0.1) is 0 Å². The van der Waals surface area contributed by atoms with Crippen molar-refractivity contribution in [2.45, 2.75) is 40.0 Å². The summed E-state index contributed by atoms with van der Waals surface area (Å²) in [6, 6.07) is 0. The minimum atomic E-state index is 0.0845. The van der Waals surface area contributed by atoms with Crippen LogP contribution in [0.25, 0.3) is 0 Å². The van der Waals surface area contributed by atoms with Crippen molar-refractivity contribution < 1.29 is 9.21 Å². The Morgan fingerprint density at radius 2 is 2.31 bits per heavy atom. The number of nitrogens with zero attached hydrogens (tertiary/aromatic N) is 1. The van der Waals surface area contributed by atoms with Gasteiger partial charge in [-0.3, -0.25) is 4.79 Å². The number of amides is 1. The van der Waals surface area contributed by atoms with Gasteiger partial charge in [0.1, 0.15) is 6.26 Å². The standard InChI is InChI=1S/C12H20N2O2/c1-9(2)6-7-13-12(15)5-4-11-8-16-10(3)14-11/h8-9H,4-7H2,1-3H3,(H,13,15). The van der Waals surface area contributed by atoms with Gasteiger partial charge in [0.05, 0.1) is 5.69 Å². The number of hydrogen-bond donors (Lipinski definition) is 1. The molecule has 4 nitrogen and oxygen atoms in total. The second-order valence-electron chi connectivity index (χ2n) is 4.39. The summed E-state index contributed by atoms with van der Waals surface area (Å²) < 4.78 is 5.07. The maximum Gasteiger partial charge on any atom is 0.220 e. The van der Waals surface area contributed by atoms with Crippen LogP contribution in [0.3, 0.4) is 0 Å². The highest BCUT2D eigenvalue weighted by Crippen LogP contribution is 2.03. The van der Waals surface area contributed by atoms with Gasteiger partial charge in [0.15, 0.2) is 5.89 Å². The van der Waals surface area contributed by atoms with E-state index in [0.29, 0.717) is 24.7 Å². The zero-order chi connectivity index (χ0) is 12.0. The molecule has 1 aromatic heterocycles. The fraction of sp³-hybridized carbons (Fsp3) is 0.667. The maximum absolute atomic E-state index is 11.4. The zero-order valence-corrected chi connectivity index (χ0v) is 10.2. The van der Waals surface area contributed by atoms with Crippen molar-refractivity contribution in [2.75, 3.05) is 6.54 Å². The molecule has 0 aliphatic rings. The van der Waals surface area contributed by atoms with Gasteiger partial charge in [0, 0.05) is 26.3 Å². The van der Waals surface area contributed by atoms with Crippen molar-refractivity contribution in [3.63, 3.8) is 0 Å². The van der Waals surface area contributed by atoms with Crippen LogP contribution in [0.4, 0.5) is 0 Å². The molecule has 90 valence electrons. The molecule has 16 heavy (non-hydrogen) atoms. The molecule has 1 heterocycles. The quantitative estimate of drug-likeness (QED) is 0.804. The summed E-state index contributed by atoms with van der Waals surface area (Å²) in [4.78, 5) is 15.6. The van der Waals surface area contributed by atoms with Crippen LogP contribution in [-0.2, 0) is 11.2 Å². The number of carbonyl (C=O) groups is 1. The second kappa shape index (κ2) is 6.30. The Labute approximate surface area is 96.4 Å². The highest BCUT2D eigenvalue weighted by molar-refractivity contribution is 5.76. The van der Waals surface area contributed by atoms with E-state index in [4.69, 9.17) is 4.42 Å². The second-order valence-corrected chi connectivity index (χ2v) is 4.39. The normalized spacial score (nSPS) is 10.8. The first kappa shape index (κ1) is 12.7. The van der Waals surface area contributed by atoms with E-state index in [-0.39, 0.29) is 5.91 Å². The van der Waals surface area contributed by atoms with E-state index < -0.39 is 0 Å². The topological polar surface area (TPSA) is 55.1 Å². The lowest BCUT2D eigenvalue weighted by Crippen LogP contribution is -2.25. The third-order valence-electron chi connectivity index (χ3n) is 2.32. The Bertz CT molecular complexity index is 332. The van der Waals surface area contributed by atoms with E-state index in [1.807, 2.05) is 0 Å². The van der Waals surface area contributed by atoms with Gasteiger partial charge in [-0.2, -0.15) is 0 Å². The van der Waals surface area contributed by atoms with E-state index >= 15 is 0 Å². The lowest BCUT2D eigenvalue weighted by Gasteiger charge is -2.06. The van der Waals surface area contributed by atoms with Crippen molar-refractivity contribution in [3.8, 4) is 0 Å². The van der Waals surface area contributed by atoms with Crippen LogP contribution in [0.5, 0.6) is 0 Å². The van der Waals surface area contributed by atoms with Gasteiger partial charge < -0.3 is 9.73 Å². The molecule has 0 aromatic carbocycles. The molecule has 1 N–H and O–H groups in total. The summed E-state index contributed by atoms with van der Waals surface area (Å²) in [6.07, 6.45) is 3.75. The molecular formula is C12H20N2O2. The molecule has 0 atom stereocenters. The van der Waals surface area contributed by atoms with Crippen LogP contribution in [-0.4, -0.2) is 17.4 Å². The van der Waals surface area contributed by atoms with Crippen molar-refractivity contribution in [2.24, 2.45) is 5.92 Å². The third-order valence-corrected chi connectivity index (χ3v) is 2.32. The van der Waals surface area contributed by atoms with Crippen LogP contribution >= 0.6 is 0 Å². The number of carbonyl (C=O) groups excluding carboxylic acids is 1. The first-order valence-electron chi connectivity index (χ1n) is 5.75. The van der Waals surface area contributed by atoms with Gasteiger partial charge in [-0.25, -0.2) is 4.98 Å². The molecule has 0 saturated heterocycles. The summed E-state index contributed by atoms with van der Waals surface area (Å²) >= 11 is 0. The lowest BCUT2D eigenvalue weighted by molar-refractivity contribution is -0.121. The van der Waals surface area contributed by atoms with Crippen molar-refractivity contribution >= 4 is 5.91 Å². The number of aryl methyl sites for hydroxylation is 2. The number of oxazole rings is 1. The number of hydrogen-bond acceptors (Lipinski definition) is 3. The van der Waals surface area contributed by atoms with E-state index in [1.54, 1.807) is 13.2 Å². The van der Waals surface area contributed by atoms with Gasteiger partial charge in [-0.1, -0.05) is 13.8 Å². The predicted molar refractivity (Wildman–Crippen MR) is 62.0 cm³/mol. The summed E-state index contributed by atoms with van der Waals surface area (Å²) in [5.74, 6) is 1.36. The first-order chi connectivity index (χ1) is 7.58. The molecule has 0 bridgehead atoms. The molecule has 0 radical (unpaired) electrons. The third kappa shape index (κ3) is 4.96. The smallest absolute Gasteiger partial charge is 0.220 e. The highest BCUT2D eigenvalue weighted by atomic mass is 16.3. The number of nitrogens with one attached hydrogen (secondary N) is 1. The van der Waals surface area contributed by atoms with Crippen molar-refractivity contribution in [1.82, 2.24) is 10.3 Å². The molecule has 0 unspecified atom stereocenters. The molecule has 1 aromatic rings. The Morgan fingerprint density at radius 1 is 1.56 bits per heavy atom. The van der Waals surface area contributed by atoms with E-state index in [0.717, 1.165) is 18.7 Å². The largest absolute Gasteiger partial charge is 0.449 e. The molecule has 0 spiro atoms. The van der Waals surface area contributed by atoms with E-state index in [2.05, 4.69) is 24.1 Å². The summed E-state index contributed by atoms with van der Waals surface area (Å²) in [5.41, 5.74) is 0.844. The summed E-state index contributed by atoms with van der Waals surface area (Å²) in [7, 11) is 0. The van der Waals surface area contributed by atoms with Gasteiger partial charge in [-0.05, 0) is 12.3 Å². The molecule has 1 amide bonds. The number of aromatic nitrogens is 1. The fourth-order valence-corrected chi connectivity index (χ4v) is 1.35. The van der Waals surface area contributed by atoms with E-state index in [1.165, 1.54) is 0 Å². The zero-order valence-electron chi connectivity index (χ0n) is 10.2. The van der Waals surface area contributed by atoms with Crippen LogP contribution in [0.2, 0.25) is 0 Å². The van der Waals surface area contributed by atoms with Crippen LogP contribution in [0.15, 0.2) is 10.7 Å². The Morgan fingerprint density at radius 3 is 2.88 bits per heavy atom. The monoisotopic (exact) mass is 224 g/mol. The Hall–Kier alpha value is -1.32. The molecular weight excluding hydrogens is 204 g/mol. The summed E-state index contributed by atoms with van der Waals surface area (Å²) in [6.45, 7) is 6.84. The molecule has 0 saturated carbocycles. The fourth-order valence-electron chi connectivity index (χ4n) is 1.35. The molecule has 1 rings (SSSR count). The summed E-state index contributed by atoms with van der Waals surface area (Å²) in [5, 5.41) is 2.89. The minimum Gasteiger partial charge on any atom is -0.449 e. The maximum atomic E-state index is 11.4. The van der Waals surface area contributed by atoms with Crippen LogP contribution in [0, 0.1) is 12.8 Å². The van der Waals surface area contributed by atoms with Crippen LogP contribution < -0.4 is 5.32 Å². The molecule has 4 heteroatoms. The average molecular weight is 224 g/mol. The Kier molecular flexibility index (Phi) is 5.02. The Balaban J connectivity index is 2.15. The highest BCUT2D eigenvalue weighted by Gasteiger charge is 2.05.